The summed E-state index contributed by atoms with van der Waals surface area (Å²) in [6.45, 7) is 2.94. The predicted octanol–water partition coefficient (Wildman–Crippen LogP) is 1.48. The molecule has 0 nitrogen and oxygen atoms in total. The Bertz CT molecular complexity index is 18.9. The topological polar surface area (TPSA) is 0 Å². The van der Waals surface area contributed by atoms with Gasteiger partial charge in [-0.05, 0) is 6.92 Å². The molecule has 0 aromatic rings. The second-order valence-corrected chi connectivity index (χ2v) is 0.680. The summed E-state index contributed by atoms with van der Waals surface area (Å²) >= 11 is 0. The normalized spacial score (nSPS) is 9.60. The lowest BCUT2D eigenvalue weighted by Gasteiger charge is -1.81. The molecule has 0 aromatic carbocycles. The molecule has 2 heteroatoms. The zero-order valence-electron chi connectivity index (χ0n) is 2.75. The zero-order valence-corrected chi connectivity index (χ0v) is 2.75. The summed E-state index contributed by atoms with van der Waals surface area (Å²) in [6.07, 6.45) is -2.50. The highest BCUT2D eigenvalue weighted by Gasteiger charge is 1.91. The molecule has 0 unspecified atom stereocenters. The zero-order chi connectivity index (χ0) is 4.28. The molecule has 0 atom stereocenters. The minimum atomic E-state index is -2.23. The number of rotatable bonds is 1. The number of hydrogen-bond acceptors (Lipinski definition) is 0. The smallest absolute Gasteiger partial charge is 0.211 e. The molecule has 0 aliphatic carbocycles. The number of alkyl halides is 2. The van der Waals surface area contributed by atoms with E-state index in [0.717, 1.165) is 0 Å². The van der Waals surface area contributed by atoms with E-state index in [1.54, 1.807) is 0 Å². The van der Waals surface area contributed by atoms with E-state index < -0.39 is 6.43 Å². The fourth-order valence-electron chi connectivity index (χ4n) is 0. The molecule has 5 heavy (non-hydrogen) atoms. The van der Waals surface area contributed by atoms with Gasteiger partial charge in [-0.2, -0.15) is 0 Å². The quantitative estimate of drug-likeness (QED) is 0.446. The third-order valence-corrected chi connectivity index (χ3v) is 0.218. The van der Waals surface area contributed by atoms with Crippen molar-refractivity contribution in [2.45, 2.75) is 12.8 Å². The maximum atomic E-state index is 10.7. The molecule has 0 heterocycles. The summed E-state index contributed by atoms with van der Waals surface area (Å²) in [5.41, 5.74) is 0. The monoisotopic (exact) mass is 79.0 g/mol. The van der Waals surface area contributed by atoms with E-state index in [9.17, 15) is 8.78 Å². The molecule has 0 aliphatic rings. The van der Waals surface area contributed by atoms with Crippen LogP contribution in [0.5, 0.6) is 0 Å². The molecule has 0 aromatic heterocycles. The molecule has 0 amide bonds. The molecule has 0 bridgehead atoms. The van der Waals surface area contributed by atoms with Crippen LogP contribution in [0.4, 0.5) is 8.78 Å². The van der Waals surface area contributed by atoms with Gasteiger partial charge in [-0.15, -0.1) is 0 Å². The van der Waals surface area contributed by atoms with Crippen LogP contribution in [0, 0.1) is 6.92 Å². The molecule has 0 saturated heterocycles. The lowest BCUT2D eigenvalue weighted by molar-refractivity contribution is 0.151. The minimum absolute atomic E-state index is 0.278. The lowest BCUT2D eigenvalue weighted by Crippen LogP contribution is -1.81. The molecule has 0 N–H and O–H groups in total. The summed E-state index contributed by atoms with van der Waals surface area (Å²) in [5.74, 6) is 0. The van der Waals surface area contributed by atoms with Crippen LogP contribution in [0.15, 0.2) is 0 Å². The Morgan fingerprint density at radius 1 is 1.60 bits per heavy atom. The SMILES string of the molecule is [CH2]CC(F)F. The van der Waals surface area contributed by atoms with E-state index in [-0.39, 0.29) is 6.42 Å². The van der Waals surface area contributed by atoms with Gasteiger partial charge < -0.3 is 0 Å². The Balaban J connectivity index is 2.54. The number of halogens is 2. The van der Waals surface area contributed by atoms with Crippen molar-refractivity contribution in [3.05, 3.63) is 6.92 Å². The Morgan fingerprint density at radius 3 is 1.80 bits per heavy atom. The van der Waals surface area contributed by atoms with Crippen LogP contribution in [0.3, 0.4) is 0 Å². The molecule has 0 fully saturated rings. The van der Waals surface area contributed by atoms with Gasteiger partial charge in [-0.25, -0.2) is 8.78 Å². The Morgan fingerprint density at radius 2 is 1.80 bits per heavy atom. The van der Waals surface area contributed by atoms with Crippen LogP contribution in [0.2, 0.25) is 0 Å². The maximum Gasteiger partial charge on any atom is 0.238 e. The van der Waals surface area contributed by atoms with Crippen molar-refractivity contribution in [3.8, 4) is 0 Å². The molecule has 0 saturated carbocycles. The molecule has 0 spiro atoms. The third-order valence-electron chi connectivity index (χ3n) is 0.218. The lowest BCUT2D eigenvalue weighted by atomic mass is 10.5. The van der Waals surface area contributed by atoms with E-state index in [2.05, 4.69) is 6.92 Å². The van der Waals surface area contributed by atoms with Gasteiger partial charge in [0.1, 0.15) is 0 Å². The van der Waals surface area contributed by atoms with Crippen molar-refractivity contribution in [1.29, 1.82) is 0 Å². The first-order valence-corrected chi connectivity index (χ1v) is 1.34. The van der Waals surface area contributed by atoms with Gasteiger partial charge in [-0.3, -0.25) is 0 Å². The van der Waals surface area contributed by atoms with E-state index in [4.69, 9.17) is 0 Å². The van der Waals surface area contributed by atoms with Crippen molar-refractivity contribution < 1.29 is 8.78 Å². The first-order chi connectivity index (χ1) is 2.27. The number of hydrogen-bond donors (Lipinski definition) is 0. The standard InChI is InChI=1S/C3H5F2/c1-2-3(4)5/h3H,1-2H2. The van der Waals surface area contributed by atoms with Gasteiger partial charge in [0.25, 0.3) is 0 Å². The predicted molar refractivity (Wildman–Crippen MR) is 16.0 cm³/mol. The van der Waals surface area contributed by atoms with Gasteiger partial charge in [0.2, 0.25) is 6.43 Å². The fraction of sp³-hybridized carbons (Fsp3) is 0.667. The summed E-state index contributed by atoms with van der Waals surface area (Å²) in [5, 5.41) is 0. The first-order valence-electron chi connectivity index (χ1n) is 1.34. The van der Waals surface area contributed by atoms with Crippen LogP contribution in [0.1, 0.15) is 6.42 Å². The van der Waals surface area contributed by atoms with Gasteiger partial charge in [-0.1, -0.05) is 0 Å². The average Bonchev–Trinajstić information content (AvgIpc) is 1.38. The highest BCUT2D eigenvalue weighted by Crippen LogP contribution is 1.93. The van der Waals surface area contributed by atoms with Crippen molar-refractivity contribution in [3.63, 3.8) is 0 Å². The minimum Gasteiger partial charge on any atom is -0.211 e. The van der Waals surface area contributed by atoms with Crippen molar-refractivity contribution in [2.75, 3.05) is 0 Å². The summed E-state index contributed by atoms with van der Waals surface area (Å²) in [7, 11) is 0. The first kappa shape index (κ1) is 4.86. The van der Waals surface area contributed by atoms with E-state index >= 15 is 0 Å². The van der Waals surface area contributed by atoms with E-state index in [0.29, 0.717) is 0 Å². The molecular formula is C3H5F2. The molecule has 0 rings (SSSR count). The van der Waals surface area contributed by atoms with Crippen LogP contribution < -0.4 is 0 Å². The van der Waals surface area contributed by atoms with Gasteiger partial charge in [0.05, 0.1) is 0 Å². The third kappa shape index (κ3) is 3.86. The molecular weight excluding hydrogens is 74.0 g/mol. The van der Waals surface area contributed by atoms with Crippen LogP contribution >= 0.6 is 0 Å². The Hall–Kier alpha value is -0.140. The summed E-state index contributed by atoms with van der Waals surface area (Å²) < 4.78 is 21.4. The van der Waals surface area contributed by atoms with Crippen molar-refractivity contribution in [2.24, 2.45) is 0 Å². The summed E-state index contributed by atoms with van der Waals surface area (Å²) in [6, 6.07) is 0. The van der Waals surface area contributed by atoms with Gasteiger partial charge >= 0.3 is 0 Å². The van der Waals surface area contributed by atoms with Crippen LogP contribution in [-0.4, -0.2) is 6.43 Å². The van der Waals surface area contributed by atoms with E-state index in [1.165, 1.54) is 0 Å². The Labute approximate surface area is 29.8 Å². The highest BCUT2D eigenvalue weighted by atomic mass is 19.3. The fourth-order valence-corrected chi connectivity index (χ4v) is 0. The highest BCUT2D eigenvalue weighted by molar-refractivity contribution is 4.37. The summed E-state index contributed by atoms with van der Waals surface area (Å²) in [4.78, 5) is 0. The molecule has 1 radical (unpaired) electrons. The van der Waals surface area contributed by atoms with Crippen molar-refractivity contribution in [1.82, 2.24) is 0 Å². The molecule has 0 aliphatic heterocycles. The average molecular weight is 79.1 g/mol. The second kappa shape index (κ2) is 2.12. The van der Waals surface area contributed by atoms with Gasteiger partial charge in [0.15, 0.2) is 0 Å². The van der Waals surface area contributed by atoms with Crippen molar-refractivity contribution >= 4 is 0 Å². The Kier molecular flexibility index (Phi) is 2.06. The van der Waals surface area contributed by atoms with E-state index in [1.807, 2.05) is 0 Å². The van der Waals surface area contributed by atoms with Gasteiger partial charge in [0, 0.05) is 6.42 Å². The molecule has 31 valence electrons. The van der Waals surface area contributed by atoms with Crippen LogP contribution in [-0.2, 0) is 0 Å². The largest absolute Gasteiger partial charge is 0.238 e. The second-order valence-electron chi connectivity index (χ2n) is 0.680. The van der Waals surface area contributed by atoms with Crippen LogP contribution in [0.25, 0.3) is 0 Å². The maximum absolute atomic E-state index is 10.7.